The maximum absolute atomic E-state index is 5.38. The molecule has 282 valence electrons. The zero-order valence-electron chi connectivity index (χ0n) is 34.2. The lowest BCUT2D eigenvalue weighted by molar-refractivity contribution is 0.570. The second kappa shape index (κ2) is 14.7. The fourth-order valence-corrected chi connectivity index (χ4v) is 8.23. The molecule has 0 N–H and O–H groups in total. The topological polar surface area (TPSA) is 25.8 Å². The van der Waals surface area contributed by atoms with Crippen molar-refractivity contribution in [1.82, 2.24) is 9.97 Å². The molecule has 0 saturated heterocycles. The molecule has 9 rings (SSSR count). The van der Waals surface area contributed by atoms with Gasteiger partial charge in [-0.15, -0.1) is 0 Å². The first-order valence-corrected chi connectivity index (χ1v) is 20.3. The van der Waals surface area contributed by atoms with Gasteiger partial charge in [-0.05, 0) is 91.0 Å². The highest BCUT2D eigenvalue weighted by molar-refractivity contribution is 6.10. The van der Waals surface area contributed by atoms with Crippen LogP contribution in [0.3, 0.4) is 0 Å². The van der Waals surface area contributed by atoms with Gasteiger partial charge < -0.3 is 0 Å². The first-order valence-electron chi connectivity index (χ1n) is 20.3. The average Bonchev–Trinajstić information content (AvgIpc) is 3.25. The van der Waals surface area contributed by atoms with Crippen LogP contribution in [0.2, 0.25) is 0 Å². The molecule has 0 aliphatic carbocycles. The second-order valence-electron chi connectivity index (χ2n) is 17.4. The summed E-state index contributed by atoms with van der Waals surface area (Å²) in [5.41, 5.74) is 18.0. The maximum atomic E-state index is 5.38. The van der Waals surface area contributed by atoms with E-state index in [-0.39, 0.29) is 10.8 Å². The van der Waals surface area contributed by atoms with Gasteiger partial charge in [0.25, 0.3) is 0 Å². The fraction of sp³-hybridized carbons (Fsp3) is 0.143. The van der Waals surface area contributed by atoms with Gasteiger partial charge in [0.2, 0.25) is 0 Å². The Balaban J connectivity index is 1.38. The van der Waals surface area contributed by atoms with Crippen LogP contribution in [0.5, 0.6) is 0 Å². The molecule has 2 heteroatoms. The molecule has 0 unspecified atom stereocenters. The molecular formula is C56H48N2. The minimum Gasteiger partial charge on any atom is -0.250 e. The summed E-state index contributed by atoms with van der Waals surface area (Å²) in [7, 11) is 0. The van der Waals surface area contributed by atoms with Crippen molar-refractivity contribution in [3.05, 3.63) is 193 Å². The molecule has 0 saturated carbocycles. The summed E-state index contributed by atoms with van der Waals surface area (Å²) in [6.45, 7) is 13.4. The van der Waals surface area contributed by atoms with E-state index in [4.69, 9.17) is 9.97 Å². The van der Waals surface area contributed by atoms with E-state index in [1.54, 1.807) is 0 Å². The lowest BCUT2D eigenvalue weighted by Gasteiger charge is -2.25. The molecule has 9 aromatic rings. The summed E-state index contributed by atoms with van der Waals surface area (Å²) in [4.78, 5) is 10.7. The van der Waals surface area contributed by atoms with Gasteiger partial charge in [0.05, 0.1) is 11.0 Å². The third kappa shape index (κ3) is 6.90. The van der Waals surface area contributed by atoms with E-state index in [0.29, 0.717) is 0 Å². The number of rotatable bonds is 6. The van der Waals surface area contributed by atoms with Crippen molar-refractivity contribution in [3.63, 3.8) is 0 Å². The summed E-state index contributed by atoms with van der Waals surface area (Å²) in [5.74, 6) is 0. The van der Waals surface area contributed by atoms with E-state index >= 15 is 0 Å². The molecule has 0 atom stereocenters. The van der Waals surface area contributed by atoms with Crippen LogP contribution in [0.15, 0.2) is 182 Å². The van der Waals surface area contributed by atoms with Crippen molar-refractivity contribution in [2.24, 2.45) is 0 Å². The van der Waals surface area contributed by atoms with Crippen molar-refractivity contribution in [2.75, 3.05) is 0 Å². The summed E-state index contributed by atoms with van der Waals surface area (Å²) in [6, 6.07) is 66.2. The fourth-order valence-electron chi connectivity index (χ4n) is 8.23. The number of fused-ring (bicyclic) bond motifs is 3. The number of nitrogens with zero attached hydrogens (tertiary/aromatic N) is 2. The molecule has 0 amide bonds. The predicted molar refractivity (Wildman–Crippen MR) is 247 cm³/mol. The first-order chi connectivity index (χ1) is 28.0. The largest absolute Gasteiger partial charge is 0.250 e. The highest BCUT2D eigenvalue weighted by atomic mass is 14.8. The highest BCUT2D eigenvalue weighted by Gasteiger charge is 2.25. The van der Waals surface area contributed by atoms with E-state index in [0.717, 1.165) is 49.9 Å². The van der Waals surface area contributed by atoms with Crippen LogP contribution in [0, 0.1) is 0 Å². The molecule has 2 aromatic heterocycles. The highest BCUT2D eigenvalue weighted by Crippen LogP contribution is 2.50. The number of hydrogen-bond donors (Lipinski definition) is 0. The van der Waals surface area contributed by atoms with Gasteiger partial charge >= 0.3 is 0 Å². The monoisotopic (exact) mass is 748 g/mol. The van der Waals surface area contributed by atoms with Gasteiger partial charge in [0.1, 0.15) is 0 Å². The van der Waals surface area contributed by atoms with Gasteiger partial charge in [-0.2, -0.15) is 0 Å². The normalized spacial score (nSPS) is 12.0. The van der Waals surface area contributed by atoms with Crippen molar-refractivity contribution in [1.29, 1.82) is 0 Å². The number of benzene rings is 7. The Labute approximate surface area is 342 Å². The zero-order valence-corrected chi connectivity index (χ0v) is 34.2. The van der Waals surface area contributed by atoms with Crippen LogP contribution in [-0.4, -0.2) is 9.97 Å². The second-order valence-corrected chi connectivity index (χ2v) is 17.4. The van der Waals surface area contributed by atoms with E-state index in [9.17, 15) is 0 Å². The SMILES string of the molecule is CC(C)(C)c1ccc2ccc3c(-c4cccc(-c5cc(-c6ccccc6)c(-c6ccccc6)c(-c6ccccc6)c5-c5ccccc5)c4)cc(C(C)(C)C)nc3c2n1. The molecule has 2 heterocycles. The molecule has 0 aliphatic heterocycles. The molecule has 0 fully saturated rings. The third-order valence-electron chi connectivity index (χ3n) is 11.3. The molecule has 58 heavy (non-hydrogen) atoms. The van der Waals surface area contributed by atoms with Gasteiger partial charge in [-0.25, -0.2) is 9.97 Å². The summed E-state index contributed by atoms with van der Waals surface area (Å²) >= 11 is 0. The summed E-state index contributed by atoms with van der Waals surface area (Å²) in [5, 5.41) is 2.21. The van der Waals surface area contributed by atoms with Crippen molar-refractivity contribution < 1.29 is 0 Å². The Morgan fingerprint density at radius 1 is 0.310 bits per heavy atom. The van der Waals surface area contributed by atoms with E-state index in [1.807, 2.05) is 0 Å². The van der Waals surface area contributed by atoms with Gasteiger partial charge in [0, 0.05) is 33.0 Å². The minimum absolute atomic E-state index is 0.0844. The average molecular weight is 749 g/mol. The smallest absolute Gasteiger partial charge is 0.0974 e. The van der Waals surface area contributed by atoms with Gasteiger partial charge in [-0.3, -0.25) is 0 Å². The Hall–Kier alpha value is -6.64. The van der Waals surface area contributed by atoms with Crippen molar-refractivity contribution >= 4 is 21.8 Å². The van der Waals surface area contributed by atoms with E-state index < -0.39 is 0 Å². The minimum atomic E-state index is -0.173. The maximum Gasteiger partial charge on any atom is 0.0974 e. The predicted octanol–water partition coefficient (Wildman–Crippen LogP) is 15.4. The summed E-state index contributed by atoms with van der Waals surface area (Å²) < 4.78 is 0. The number of hydrogen-bond acceptors (Lipinski definition) is 2. The van der Waals surface area contributed by atoms with Crippen LogP contribution in [-0.2, 0) is 10.8 Å². The Bertz CT molecular complexity index is 2920. The molecule has 0 spiro atoms. The first kappa shape index (κ1) is 37.0. The number of aromatic nitrogens is 2. The third-order valence-corrected chi connectivity index (χ3v) is 11.3. The quantitative estimate of drug-likeness (QED) is 0.158. The van der Waals surface area contributed by atoms with Crippen LogP contribution in [0.25, 0.3) is 88.6 Å². The van der Waals surface area contributed by atoms with Crippen molar-refractivity contribution in [2.45, 2.75) is 52.4 Å². The Morgan fingerprint density at radius 3 is 1.28 bits per heavy atom. The van der Waals surface area contributed by atoms with Crippen molar-refractivity contribution in [3.8, 4) is 66.8 Å². The zero-order chi connectivity index (χ0) is 40.0. The molecule has 0 aliphatic rings. The molecule has 0 bridgehead atoms. The Kier molecular flexibility index (Phi) is 9.37. The van der Waals surface area contributed by atoms with Crippen LogP contribution in [0.4, 0.5) is 0 Å². The lowest BCUT2D eigenvalue weighted by atomic mass is 9.78. The van der Waals surface area contributed by atoms with Crippen LogP contribution < -0.4 is 0 Å². The standard InChI is InChI=1S/C56H48N2/c1-55(2,3)48-33-31-41-30-32-44-45(36-49(56(4,5)6)58-54(44)53(41)57-48)42-28-19-29-43(34-42)47-35-46(37-20-11-7-12-21-37)50(38-22-13-8-14-23-38)52(40-26-17-10-18-27-40)51(47)39-24-15-9-16-25-39/h7-36H,1-6H3. The van der Waals surface area contributed by atoms with Gasteiger partial charge in [0.15, 0.2) is 0 Å². The molecule has 7 aromatic carbocycles. The van der Waals surface area contributed by atoms with E-state index in [1.165, 1.54) is 50.1 Å². The Morgan fingerprint density at radius 2 is 0.741 bits per heavy atom. The molecule has 0 radical (unpaired) electrons. The van der Waals surface area contributed by atoms with Gasteiger partial charge in [-0.1, -0.05) is 199 Å². The number of pyridine rings is 2. The molecule has 2 nitrogen and oxygen atoms in total. The summed E-state index contributed by atoms with van der Waals surface area (Å²) in [6.07, 6.45) is 0. The lowest BCUT2D eigenvalue weighted by Crippen LogP contribution is -2.15. The van der Waals surface area contributed by atoms with E-state index in [2.05, 4.69) is 224 Å². The molecular weight excluding hydrogens is 701 g/mol. The van der Waals surface area contributed by atoms with Crippen LogP contribution in [0.1, 0.15) is 52.9 Å². The van der Waals surface area contributed by atoms with Crippen LogP contribution >= 0.6 is 0 Å².